The van der Waals surface area contributed by atoms with Gasteiger partial charge in [0.2, 0.25) is 0 Å². The molecule has 1 fully saturated rings. The molecule has 0 radical (unpaired) electrons. The molecular formula is C16H17BrN2O3. The molecule has 3 rings (SSSR count). The summed E-state index contributed by atoms with van der Waals surface area (Å²) in [6.45, 7) is 2.94. The zero-order valence-corrected chi connectivity index (χ0v) is 13.9. The lowest BCUT2D eigenvalue weighted by molar-refractivity contribution is 0.0710. The summed E-state index contributed by atoms with van der Waals surface area (Å²) >= 11 is 3.40. The number of amides is 1. The molecule has 0 atom stereocenters. The van der Waals surface area contributed by atoms with E-state index < -0.39 is 5.63 Å². The van der Waals surface area contributed by atoms with Crippen LogP contribution in [0.3, 0.4) is 0 Å². The fraction of sp³-hybridized carbons (Fsp3) is 0.375. The molecule has 6 heteroatoms. The van der Waals surface area contributed by atoms with E-state index in [-0.39, 0.29) is 17.5 Å². The number of piperidine rings is 1. The predicted molar refractivity (Wildman–Crippen MR) is 88.0 cm³/mol. The molecule has 1 amide bonds. The normalized spacial score (nSPS) is 16.2. The predicted octanol–water partition coefficient (Wildman–Crippen LogP) is 2.43. The summed E-state index contributed by atoms with van der Waals surface area (Å²) in [5.74, 6) is -0.264. The number of benzene rings is 1. The molecule has 1 aromatic heterocycles. The van der Waals surface area contributed by atoms with E-state index in [4.69, 9.17) is 10.2 Å². The average Bonchev–Trinajstić information content (AvgIpc) is 2.49. The van der Waals surface area contributed by atoms with Crippen LogP contribution in [0.25, 0.3) is 11.0 Å². The Hall–Kier alpha value is -1.66. The van der Waals surface area contributed by atoms with E-state index in [1.165, 1.54) is 0 Å². The Labute approximate surface area is 136 Å². The Morgan fingerprint density at radius 2 is 2.05 bits per heavy atom. The summed E-state index contributed by atoms with van der Waals surface area (Å²) in [5.41, 5.74) is 6.56. The standard InChI is InChI=1S/C16H17BrN2O3/c1-9-12-8-10(17)2-3-13(12)22-16(21)14(9)15(20)19-6-4-11(18)5-7-19/h2-3,8,11H,4-7,18H2,1H3. The molecule has 0 bridgehead atoms. The minimum absolute atomic E-state index is 0.126. The molecule has 0 spiro atoms. The molecular weight excluding hydrogens is 348 g/mol. The van der Waals surface area contributed by atoms with Crippen molar-refractivity contribution in [3.05, 3.63) is 44.2 Å². The van der Waals surface area contributed by atoms with Crippen LogP contribution in [0, 0.1) is 6.92 Å². The number of rotatable bonds is 1. The van der Waals surface area contributed by atoms with Crippen LogP contribution >= 0.6 is 15.9 Å². The van der Waals surface area contributed by atoms with Crippen LogP contribution < -0.4 is 11.4 Å². The first-order valence-corrected chi connectivity index (χ1v) is 8.04. The van der Waals surface area contributed by atoms with Gasteiger partial charge in [-0.25, -0.2) is 4.79 Å². The molecule has 1 aromatic carbocycles. The first-order chi connectivity index (χ1) is 10.5. The van der Waals surface area contributed by atoms with Gasteiger partial charge in [0.25, 0.3) is 5.91 Å². The highest BCUT2D eigenvalue weighted by Gasteiger charge is 2.26. The number of aryl methyl sites for hydroxylation is 1. The van der Waals surface area contributed by atoms with Gasteiger partial charge < -0.3 is 15.1 Å². The van der Waals surface area contributed by atoms with Crippen LogP contribution in [0.15, 0.2) is 31.9 Å². The molecule has 0 saturated carbocycles. The van der Waals surface area contributed by atoms with Crippen molar-refractivity contribution in [1.29, 1.82) is 0 Å². The van der Waals surface area contributed by atoms with Crippen LogP contribution in [0.1, 0.15) is 28.8 Å². The van der Waals surface area contributed by atoms with Gasteiger partial charge in [0.15, 0.2) is 0 Å². The van der Waals surface area contributed by atoms with Crippen LogP contribution in [0.4, 0.5) is 0 Å². The highest BCUT2D eigenvalue weighted by atomic mass is 79.9. The van der Waals surface area contributed by atoms with Crippen molar-refractivity contribution >= 4 is 32.8 Å². The van der Waals surface area contributed by atoms with Crippen molar-refractivity contribution in [3.8, 4) is 0 Å². The quantitative estimate of drug-likeness (QED) is 0.788. The first kappa shape index (κ1) is 15.2. The minimum Gasteiger partial charge on any atom is -0.422 e. The molecule has 0 unspecified atom stereocenters. The monoisotopic (exact) mass is 364 g/mol. The summed E-state index contributed by atoms with van der Waals surface area (Å²) in [6, 6.07) is 5.52. The Kier molecular flexibility index (Phi) is 4.06. The maximum Gasteiger partial charge on any atom is 0.349 e. The van der Waals surface area contributed by atoms with Gasteiger partial charge >= 0.3 is 5.63 Å². The lowest BCUT2D eigenvalue weighted by Crippen LogP contribution is -2.44. The Morgan fingerprint density at radius 3 is 2.73 bits per heavy atom. The molecule has 2 heterocycles. The van der Waals surface area contributed by atoms with Crippen LogP contribution in [0.5, 0.6) is 0 Å². The third kappa shape index (κ3) is 2.68. The lowest BCUT2D eigenvalue weighted by atomic mass is 10.0. The smallest absolute Gasteiger partial charge is 0.349 e. The van der Waals surface area contributed by atoms with Gasteiger partial charge in [-0.1, -0.05) is 15.9 Å². The van der Waals surface area contributed by atoms with E-state index in [2.05, 4.69) is 15.9 Å². The van der Waals surface area contributed by atoms with E-state index in [1.54, 1.807) is 24.0 Å². The number of carbonyl (C=O) groups excluding carboxylic acids is 1. The van der Waals surface area contributed by atoms with E-state index in [0.29, 0.717) is 24.2 Å². The third-order valence-corrected chi connectivity index (χ3v) is 4.66. The van der Waals surface area contributed by atoms with E-state index in [1.807, 2.05) is 6.07 Å². The second-order valence-corrected chi connectivity index (χ2v) is 6.58. The number of nitrogens with zero attached hydrogens (tertiary/aromatic N) is 1. The van der Waals surface area contributed by atoms with Gasteiger partial charge in [-0.3, -0.25) is 4.79 Å². The summed E-state index contributed by atoms with van der Waals surface area (Å²) in [4.78, 5) is 26.6. The molecule has 22 heavy (non-hydrogen) atoms. The SMILES string of the molecule is Cc1c(C(=O)N2CCC(N)CC2)c(=O)oc2ccc(Br)cc12. The first-order valence-electron chi connectivity index (χ1n) is 7.25. The van der Waals surface area contributed by atoms with Gasteiger partial charge in [0, 0.05) is 29.0 Å². The number of hydrogen-bond acceptors (Lipinski definition) is 4. The van der Waals surface area contributed by atoms with Crippen molar-refractivity contribution in [2.45, 2.75) is 25.8 Å². The molecule has 1 aliphatic rings. The van der Waals surface area contributed by atoms with Crippen molar-refractivity contribution in [3.63, 3.8) is 0 Å². The van der Waals surface area contributed by atoms with Gasteiger partial charge in [-0.2, -0.15) is 0 Å². The Balaban J connectivity index is 2.06. The largest absolute Gasteiger partial charge is 0.422 e. The van der Waals surface area contributed by atoms with Crippen LogP contribution in [-0.2, 0) is 0 Å². The number of likely N-dealkylation sites (tertiary alicyclic amines) is 1. The molecule has 0 aliphatic carbocycles. The second-order valence-electron chi connectivity index (χ2n) is 5.66. The van der Waals surface area contributed by atoms with E-state index >= 15 is 0 Å². The summed E-state index contributed by atoms with van der Waals surface area (Å²) < 4.78 is 6.19. The highest BCUT2D eigenvalue weighted by molar-refractivity contribution is 9.10. The minimum atomic E-state index is -0.577. The van der Waals surface area contributed by atoms with Crippen molar-refractivity contribution < 1.29 is 9.21 Å². The van der Waals surface area contributed by atoms with E-state index in [9.17, 15) is 9.59 Å². The second kappa shape index (κ2) is 5.85. The van der Waals surface area contributed by atoms with Gasteiger partial charge in [0.1, 0.15) is 11.1 Å². The zero-order valence-electron chi connectivity index (χ0n) is 12.3. The number of hydrogen-bond donors (Lipinski definition) is 1. The van der Waals surface area contributed by atoms with Gasteiger partial charge in [-0.15, -0.1) is 0 Å². The van der Waals surface area contributed by atoms with Crippen LogP contribution in [0.2, 0.25) is 0 Å². The summed E-state index contributed by atoms with van der Waals surface area (Å²) in [5, 5.41) is 0.769. The van der Waals surface area contributed by atoms with Crippen LogP contribution in [-0.4, -0.2) is 29.9 Å². The Bertz CT molecular complexity index is 792. The molecule has 2 N–H and O–H groups in total. The highest BCUT2D eigenvalue weighted by Crippen LogP contribution is 2.24. The zero-order chi connectivity index (χ0) is 15.9. The maximum absolute atomic E-state index is 12.7. The maximum atomic E-state index is 12.7. The number of nitrogens with two attached hydrogens (primary N) is 1. The lowest BCUT2D eigenvalue weighted by Gasteiger charge is -2.30. The Morgan fingerprint density at radius 1 is 1.36 bits per heavy atom. The number of halogens is 1. The number of carbonyl (C=O) groups is 1. The van der Waals surface area contributed by atoms with Gasteiger partial charge in [0.05, 0.1) is 0 Å². The summed E-state index contributed by atoms with van der Waals surface area (Å²) in [7, 11) is 0. The third-order valence-electron chi connectivity index (χ3n) is 4.17. The molecule has 2 aromatic rings. The summed E-state index contributed by atoms with van der Waals surface area (Å²) in [6.07, 6.45) is 1.52. The molecule has 1 aliphatic heterocycles. The topological polar surface area (TPSA) is 76.5 Å². The molecule has 116 valence electrons. The van der Waals surface area contributed by atoms with Crippen molar-refractivity contribution in [2.75, 3.05) is 13.1 Å². The van der Waals surface area contributed by atoms with Crippen molar-refractivity contribution in [2.24, 2.45) is 5.73 Å². The van der Waals surface area contributed by atoms with Gasteiger partial charge in [-0.05, 0) is 43.5 Å². The van der Waals surface area contributed by atoms with E-state index in [0.717, 1.165) is 22.7 Å². The number of fused-ring (bicyclic) bond motifs is 1. The molecule has 5 nitrogen and oxygen atoms in total. The fourth-order valence-electron chi connectivity index (χ4n) is 2.83. The average molecular weight is 365 g/mol. The van der Waals surface area contributed by atoms with Crippen molar-refractivity contribution in [1.82, 2.24) is 4.90 Å². The fourth-order valence-corrected chi connectivity index (χ4v) is 3.19. The molecule has 1 saturated heterocycles.